The summed E-state index contributed by atoms with van der Waals surface area (Å²) in [6.07, 6.45) is 0. The van der Waals surface area contributed by atoms with E-state index >= 15 is 0 Å². The lowest BCUT2D eigenvalue weighted by molar-refractivity contribution is 0.0917. The number of nitrogens with zero attached hydrogens (tertiary/aromatic N) is 1. The molecular formula is C16H16N4O4. The first kappa shape index (κ1) is 15.6. The van der Waals surface area contributed by atoms with Gasteiger partial charge in [-0.25, -0.2) is 9.89 Å². The number of para-hydroxylation sites is 1. The van der Waals surface area contributed by atoms with E-state index in [2.05, 4.69) is 20.5 Å². The Morgan fingerprint density at radius 2 is 2.12 bits per heavy atom. The van der Waals surface area contributed by atoms with Crippen molar-refractivity contribution in [2.75, 3.05) is 0 Å². The molecule has 8 heteroatoms. The highest BCUT2D eigenvalue weighted by atomic mass is 16.5. The van der Waals surface area contributed by atoms with E-state index in [-0.39, 0.29) is 24.8 Å². The fourth-order valence-electron chi connectivity index (χ4n) is 2.15. The van der Waals surface area contributed by atoms with Gasteiger partial charge in [-0.2, -0.15) is 5.10 Å². The lowest BCUT2D eigenvalue weighted by atomic mass is 10.2. The van der Waals surface area contributed by atoms with E-state index in [1.54, 1.807) is 13.0 Å². The molecule has 0 aliphatic rings. The number of hydrogen-bond donors (Lipinski definition) is 3. The number of nitrogens with one attached hydrogen (secondary N) is 3. The van der Waals surface area contributed by atoms with Crippen molar-refractivity contribution < 1.29 is 13.9 Å². The van der Waals surface area contributed by atoms with Crippen LogP contribution in [-0.4, -0.2) is 21.1 Å². The third kappa shape index (κ3) is 3.72. The molecule has 1 amide bonds. The van der Waals surface area contributed by atoms with Gasteiger partial charge in [0.15, 0.2) is 5.76 Å². The summed E-state index contributed by atoms with van der Waals surface area (Å²) in [6.45, 7) is 2.10. The molecule has 1 aromatic carbocycles. The molecule has 0 saturated carbocycles. The molecule has 3 aromatic rings. The Balaban J connectivity index is 1.60. The van der Waals surface area contributed by atoms with Crippen molar-refractivity contribution in [1.82, 2.24) is 20.5 Å². The molecule has 0 unspecified atom stereocenters. The zero-order chi connectivity index (χ0) is 16.9. The Bertz CT molecular complexity index is 879. The molecule has 124 valence electrons. The Labute approximate surface area is 136 Å². The zero-order valence-corrected chi connectivity index (χ0v) is 13.0. The number of benzene rings is 1. The number of carbonyl (C=O) groups excluding carboxylic acids is 1. The summed E-state index contributed by atoms with van der Waals surface area (Å²) in [4.78, 5) is 25.5. The summed E-state index contributed by atoms with van der Waals surface area (Å²) >= 11 is 0. The lowest BCUT2D eigenvalue weighted by Gasteiger charge is -2.03. The Morgan fingerprint density at radius 3 is 2.83 bits per heavy atom. The molecule has 3 N–H and O–H groups in total. The first-order chi connectivity index (χ1) is 11.6. The van der Waals surface area contributed by atoms with E-state index in [4.69, 9.17) is 9.15 Å². The van der Waals surface area contributed by atoms with Crippen LogP contribution in [-0.2, 0) is 13.2 Å². The number of H-pyrrole nitrogens is 2. The maximum absolute atomic E-state index is 12.2. The number of aromatic amines is 2. The number of aryl methyl sites for hydroxylation is 1. The number of ether oxygens (including phenoxy) is 1. The minimum atomic E-state index is -0.422. The number of aromatic nitrogens is 3. The summed E-state index contributed by atoms with van der Waals surface area (Å²) in [5.74, 6) is 1.43. The summed E-state index contributed by atoms with van der Waals surface area (Å²) in [5, 5.41) is 8.57. The average molecular weight is 328 g/mol. The Morgan fingerprint density at radius 1 is 1.33 bits per heavy atom. The van der Waals surface area contributed by atoms with Crippen LogP contribution in [0.1, 0.15) is 27.7 Å². The molecule has 0 radical (unpaired) electrons. The minimum Gasteiger partial charge on any atom is -0.486 e. The van der Waals surface area contributed by atoms with Crippen LogP contribution >= 0.6 is 0 Å². The molecular weight excluding hydrogens is 312 g/mol. The molecule has 8 nitrogen and oxygen atoms in total. The van der Waals surface area contributed by atoms with Gasteiger partial charge in [0.1, 0.15) is 23.9 Å². The third-order valence-corrected chi connectivity index (χ3v) is 3.27. The maximum atomic E-state index is 12.2. The van der Waals surface area contributed by atoms with Crippen molar-refractivity contribution in [1.29, 1.82) is 0 Å². The first-order valence-corrected chi connectivity index (χ1v) is 7.31. The van der Waals surface area contributed by atoms with Crippen molar-refractivity contribution in [3.05, 3.63) is 69.8 Å². The Kier molecular flexibility index (Phi) is 4.46. The van der Waals surface area contributed by atoms with Gasteiger partial charge in [0, 0.05) is 5.56 Å². The number of amides is 1. The van der Waals surface area contributed by atoms with Gasteiger partial charge in [-0.1, -0.05) is 18.2 Å². The van der Waals surface area contributed by atoms with Crippen molar-refractivity contribution >= 4 is 5.91 Å². The molecule has 3 rings (SSSR count). The number of carbonyl (C=O) groups is 1. The zero-order valence-electron chi connectivity index (χ0n) is 13.0. The van der Waals surface area contributed by atoms with Crippen LogP contribution in [0.3, 0.4) is 0 Å². The fraction of sp³-hybridized carbons (Fsp3) is 0.188. The number of furan rings is 1. The predicted molar refractivity (Wildman–Crippen MR) is 84.6 cm³/mol. The van der Waals surface area contributed by atoms with Gasteiger partial charge in [-0.05, 0) is 25.1 Å². The van der Waals surface area contributed by atoms with Crippen LogP contribution in [0.5, 0.6) is 5.75 Å². The van der Waals surface area contributed by atoms with Gasteiger partial charge in [0.25, 0.3) is 5.91 Å². The normalized spacial score (nSPS) is 10.5. The summed E-state index contributed by atoms with van der Waals surface area (Å²) in [6, 6.07) is 11.1. The van der Waals surface area contributed by atoms with Crippen LogP contribution in [0.2, 0.25) is 0 Å². The standard InChI is InChI=1S/C16H16N4O4/c1-10-7-12(9-23-11-5-3-2-4-6-11)24-14(10)15(21)17-8-13-18-16(22)20-19-13/h2-7H,8-9H2,1H3,(H,17,21)(H2,18,19,20,22). The molecule has 2 aromatic heterocycles. The molecule has 0 fully saturated rings. The predicted octanol–water partition coefficient (Wildman–Crippen LogP) is 1.51. The van der Waals surface area contributed by atoms with Gasteiger partial charge < -0.3 is 14.5 Å². The van der Waals surface area contributed by atoms with E-state index < -0.39 is 5.69 Å². The van der Waals surface area contributed by atoms with Gasteiger partial charge in [0.05, 0.1) is 6.54 Å². The average Bonchev–Trinajstić information content (AvgIpc) is 3.17. The van der Waals surface area contributed by atoms with Crippen molar-refractivity contribution in [3.63, 3.8) is 0 Å². The summed E-state index contributed by atoms with van der Waals surface area (Å²) in [5.41, 5.74) is 0.281. The number of hydrogen-bond acceptors (Lipinski definition) is 5. The maximum Gasteiger partial charge on any atom is 0.340 e. The molecule has 0 aliphatic carbocycles. The first-order valence-electron chi connectivity index (χ1n) is 7.31. The monoisotopic (exact) mass is 328 g/mol. The second kappa shape index (κ2) is 6.86. The van der Waals surface area contributed by atoms with Crippen LogP contribution in [0.25, 0.3) is 0 Å². The second-order valence-corrected chi connectivity index (χ2v) is 5.13. The molecule has 0 atom stereocenters. The minimum absolute atomic E-state index is 0.0908. The molecule has 24 heavy (non-hydrogen) atoms. The van der Waals surface area contributed by atoms with Crippen molar-refractivity contribution in [2.24, 2.45) is 0 Å². The molecule has 2 heterocycles. The van der Waals surface area contributed by atoms with Crippen molar-refractivity contribution in [3.8, 4) is 5.75 Å². The van der Waals surface area contributed by atoms with Crippen molar-refractivity contribution in [2.45, 2.75) is 20.1 Å². The van der Waals surface area contributed by atoms with Crippen LogP contribution in [0, 0.1) is 6.92 Å². The van der Waals surface area contributed by atoms with E-state index in [0.717, 1.165) is 5.75 Å². The van der Waals surface area contributed by atoms with Gasteiger partial charge in [-0.15, -0.1) is 0 Å². The molecule has 0 aliphatic heterocycles. The van der Waals surface area contributed by atoms with E-state index in [1.165, 1.54) is 0 Å². The van der Waals surface area contributed by atoms with E-state index in [9.17, 15) is 9.59 Å². The van der Waals surface area contributed by atoms with Crippen LogP contribution in [0.4, 0.5) is 0 Å². The second-order valence-electron chi connectivity index (χ2n) is 5.13. The summed E-state index contributed by atoms with van der Waals surface area (Å²) < 4.78 is 11.1. The highest BCUT2D eigenvalue weighted by Gasteiger charge is 2.16. The highest BCUT2D eigenvalue weighted by Crippen LogP contribution is 2.17. The van der Waals surface area contributed by atoms with Gasteiger partial charge in [-0.3, -0.25) is 9.78 Å². The van der Waals surface area contributed by atoms with E-state index in [0.29, 0.717) is 17.1 Å². The quantitative estimate of drug-likeness (QED) is 0.635. The lowest BCUT2D eigenvalue weighted by Crippen LogP contribution is -2.23. The van der Waals surface area contributed by atoms with Gasteiger partial charge in [0.2, 0.25) is 0 Å². The topological polar surface area (TPSA) is 113 Å². The fourth-order valence-corrected chi connectivity index (χ4v) is 2.15. The van der Waals surface area contributed by atoms with E-state index in [1.807, 2.05) is 30.3 Å². The Hall–Kier alpha value is -3.29. The smallest absolute Gasteiger partial charge is 0.340 e. The molecule has 0 bridgehead atoms. The van der Waals surface area contributed by atoms with Gasteiger partial charge >= 0.3 is 5.69 Å². The third-order valence-electron chi connectivity index (χ3n) is 3.27. The largest absolute Gasteiger partial charge is 0.486 e. The van der Waals surface area contributed by atoms with Crippen LogP contribution < -0.4 is 15.7 Å². The van der Waals surface area contributed by atoms with Crippen LogP contribution in [0.15, 0.2) is 45.6 Å². The SMILES string of the molecule is Cc1cc(COc2ccccc2)oc1C(=O)NCc1n[nH]c(=O)[nH]1. The molecule has 0 spiro atoms. The number of rotatable bonds is 6. The molecule has 0 saturated heterocycles. The summed E-state index contributed by atoms with van der Waals surface area (Å²) in [7, 11) is 0. The highest BCUT2D eigenvalue weighted by molar-refractivity contribution is 5.92.